The summed E-state index contributed by atoms with van der Waals surface area (Å²) in [5, 5.41) is 12.9. The van der Waals surface area contributed by atoms with E-state index in [4.69, 9.17) is 5.11 Å². The lowest BCUT2D eigenvalue weighted by atomic mass is 10.1. The molecule has 22 heavy (non-hydrogen) atoms. The van der Waals surface area contributed by atoms with Gasteiger partial charge < -0.3 is 15.7 Å². The molecular weight excluding hydrogens is 305 g/mol. The molecule has 1 aliphatic rings. The smallest absolute Gasteiger partial charge is 0.319 e. The summed E-state index contributed by atoms with van der Waals surface area (Å²) in [5.41, 5.74) is -2.09. The van der Waals surface area contributed by atoms with Crippen molar-refractivity contribution in [3.63, 3.8) is 0 Å². The van der Waals surface area contributed by atoms with E-state index < -0.39 is 52.9 Å². The molecule has 118 valence electrons. The first-order chi connectivity index (χ1) is 10.3. The lowest BCUT2D eigenvalue weighted by Gasteiger charge is -2.11. The predicted molar refractivity (Wildman–Crippen MR) is 67.3 cm³/mol. The van der Waals surface area contributed by atoms with E-state index in [-0.39, 0.29) is 12.8 Å². The van der Waals surface area contributed by atoms with Crippen LogP contribution in [-0.4, -0.2) is 29.4 Å². The molecule has 2 amide bonds. The fraction of sp³-hybridized carbons (Fsp3) is 0.308. The summed E-state index contributed by atoms with van der Waals surface area (Å²) >= 11 is 0. The summed E-state index contributed by atoms with van der Waals surface area (Å²) in [4.78, 5) is 34.0. The van der Waals surface area contributed by atoms with Crippen molar-refractivity contribution in [3.8, 4) is 0 Å². The van der Waals surface area contributed by atoms with E-state index in [0.717, 1.165) is 6.07 Å². The molecule has 0 saturated heterocycles. The number of halogens is 3. The zero-order valence-corrected chi connectivity index (χ0v) is 11.1. The summed E-state index contributed by atoms with van der Waals surface area (Å²) < 4.78 is 39.0. The molecule has 0 atom stereocenters. The molecule has 0 bridgehead atoms. The monoisotopic (exact) mass is 316 g/mol. The minimum absolute atomic E-state index is 0.174. The standard InChI is InChI=1S/C13H11F3N2O4/c14-6-1-2-7(10(16)9(6)15)18-8(19)5-17-11(20)13(3-4-13)12(21)22/h1-2H,3-5H2,(H,17,20)(H,18,19)(H,21,22). The average molecular weight is 316 g/mol. The molecule has 6 nitrogen and oxygen atoms in total. The molecule has 1 aromatic carbocycles. The van der Waals surface area contributed by atoms with E-state index in [0.29, 0.717) is 6.07 Å². The maximum atomic E-state index is 13.3. The van der Waals surface area contributed by atoms with Crippen LogP contribution in [0.5, 0.6) is 0 Å². The first kappa shape index (κ1) is 15.8. The van der Waals surface area contributed by atoms with Crippen LogP contribution in [0.1, 0.15) is 12.8 Å². The van der Waals surface area contributed by atoms with Gasteiger partial charge in [-0.15, -0.1) is 0 Å². The molecule has 0 unspecified atom stereocenters. The van der Waals surface area contributed by atoms with Crippen molar-refractivity contribution in [2.24, 2.45) is 5.41 Å². The number of amides is 2. The van der Waals surface area contributed by atoms with Gasteiger partial charge in [0, 0.05) is 0 Å². The highest BCUT2D eigenvalue weighted by Crippen LogP contribution is 2.45. The largest absolute Gasteiger partial charge is 0.480 e. The molecule has 1 saturated carbocycles. The zero-order chi connectivity index (χ0) is 16.5. The van der Waals surface area contributed by atoms with E-state index >= 15 is 0 Å². The molecule has 2 rings (SSSR count). The van der Waals surface area contributed by atoms with Gasteiger partial charge in [0.1, 0.15) is 5.41 Å². The van der Waals surface area contributed by atoms with Crippen LogP contribution in [0.15, 0.2) is 12.1 Å². The van der Waals surface area contributed by atoms with E-state index in [2.05, 4.69) is 5.32 Å². The minimum atomic E-state index is -1.73. The molecule has 0 radical (unpaired) electrons. The second-order valence-corrected chi connectivity index (χ2v) is 4.84. The van der Waals surface area contributed by atoms with Crippen LogP contribution in [0.2, 0.25) is 0 Å². The molecule has 3 N–H and O–H groups in total. The van der Waals surface area contributed by atoms with Crippen molar-refractivity contribution in [3.05, 3.63) is 29.6 Å². The SMILES string of the molecule is O=C(CNC(=O)C1(C(=O)O)CC1)Nc1ccc(F)c(F)c1F. The molecular formula is C13H11F3N2O4. The van der Waals surface area contributed by atoms with Gasteiger partial charge in [0.05, 0.1) is 12.2 Å². The average Bonchev–Trinajstić information content (AvgIpc) is 3.27. The van der Waals surface area contributed by atoms with Gasteiger partial charge in [-0.05, 0) is 25.0 Å². The number of hydrogen-bond donors (Lipinski definition) is 3. The molecule has 1 aromatic rings. The molecule has 0 spiro atoms. The molecule has 0 aromatic heterocycles. The van der Waals surface area contributed by atoms with Gasteiger partial charge in [0.15, 0.2) is 17.5 Å². The lowest BCUT2D eigenvalue weighted by molar-refractivity contribution is -0.149. The molecule has 0 aliphatic heterocycles. The Morgan fingerprint density at radius 1 is 1.14 bits per heavy atom. The van der Waals surface area contributed by atoms with Crippen molar-refractivity contribution in [2.75, 3.05) is 11.9 Å². The third-order valence-corrected chi connectivity index (χ3v) is 3.31. The lowest BCUT2D eigenvalue weighted by Crippen LogP contribution is -2.41. The summed E-state index contributed by atoms with van der Waals surface area (Å²) in [6.45, 7) is -0.619. The van der Waals surface area contributed by atoms with Gasteiger partial charge in [-0.1, -0.05) is 0 Å². The maximum absolute atomic E-state index is 13.3. The van der Waals surface area contributed by atoms with Crippen molar-refractivity contribution in [1.82, 2.24) is 5.32 Å². The van der Waals surface area contributed by atoms with E-state index in [9.17, 15) is 27.6 Å². The topological polar surface area (TPSA) is 95.5 Å². The van der Waals surface area contributed by atoms with Crippen molar-refractivity contribution < 1.29 is 32.7 Å². The number of carbonyl (C=O) groups excluding carboxylic acids is 2. The number of anilines is 1. The Kier molecular flexibility index (Phi) is 4.07. The van der Waals surface area contributed by atoms with Gasteiger partial charge in [-0.3, -0.25) is 14.4 Å². The van der Waals surface area contributed by atoms with E-state index in [1.165, 1.54) is 0 Å². The summed E-state index contributed by atoms with van der Waals surface area (Å²) in [6.07, 6.45) is 0.348. The second-order valence-electron chi connectivity index (χ2n) is 4.84. The van der Waals surface area contributed by atoms with Gasteiger partial charge in [0.2, 0.25) is 11.8 Å². The van der Waals surface area contributed by atoms with Gasteiger partial charge >= 0.3 is 5.97 Å². The third-order valence-electron chi connectivity index (χ3n) is 3.31. The van der Waals surface area contributed by atoms with Crippen molar-refractivity contribution in [2.45, 2.75) is 12.8 Å². The zero-order valence-electron chi connectivity index (χ0n) is 11.1. The highest BCUT2D eigenvalue weighted by Gasteiger charge is 2.57. The number of carboxylic acid groups (broad SMARTS) is 1. The second kappa shape index (κ2) is 5.66. The van der Waals surface area contributed by atoms with Crippen LogP contribution >= 0.6 is 0 Å². The Bertz CT molecular complexity index is 659. The van der Waals surface area contributed by atoms with Gasteiger partial charge in [-0.2, -0.15) is 0 Å². The number of carboxylic acids is 1. The predicted octanol–water partition coefficient (Wildman–Crippen LogP) is 1.02. The van der Waals surface area contributed by atoms with Gasteiger partial charge in [0.25, 0.3) is 0 Å². The first-order valence-corrected chi connectivity index (χ1v) is 6.23. The first-order valence-electron chi connectivity index (χ1n) is 6.23. The quantitative estimate of drug-likeness (QED) is 0.558. The van der Waals surface area contributed by atoms with E-state index in [1.807, 2.05) is 5.32 Å². The summed E-state index contributed by atoms with van der Waals surface area (Å²) in [7, 11) is 0. The number of rotatable bonds is 5. The highest BCUT2D eigenvalue weighted by atomic mass is 19.2. The van der Waals surface area contributed by atoms with Crippen LogP contribution in [0.25, 0.3) is 0 Å². The Labute approximate surface area is 122 Å². The Morgan fingerprint density at radius 3 is 2.32 bits per heavy atom. The Balaban J connectivity index is 1.93. The normalized spacial score (nSPS) is 15.0. The molecule has 0 heterocycles. The molecule has 1 fully saturated rings. The van der Waals surface area contributed by atoms with Gasteiger partial charge in [-0.25, -0.2) is 13.2 Å². The summed E-state index contributed by atoms with van der Waals surface area (Å²) in [5.74, 6) is -7.70. The number of benzene rings is 1. The Hall–Kier alpha value is -2.58. The fourth-order valence-electron chi connectivity index (χ4n) is 1.81. The highest BCUT2D eigenvalue weighted by molar-refractivity contribution is 6.06. The van der Waals surface area contributed by atoms with Crippen LogP contribution in [0, 0.1) is 22.9 Å². The molecule has 9 heteroatoms. The van der Waals surface area contributed by atoms with Crippen LogP contribution in [0.3, 0.4) is 0 Å². The fourth-order valence-corrected chi connectivity index (χ4v) is 1.81. The number of hydrogen-bond acceptors (Lipinski definition) is 3. The van der Waals surface area contributed by atoms with Crippen LogP contribution < -0.4 is 10.6 Å². The maximum Gasteiger partial charge on any atom is 0.319 e. The number of nitrogens with one attached hydrogen (secondary N) is 2. The van der Waals surface area contributed by atoms with Crippen molar-refractivity contribution in [1.29, 1.82) is 0 Å². The van der Waals surface area contributed by atoms with Crippen molar-refractivity contribution >= 4 is 23.5 Å². The molecule has 1 aliphatic carbocycles. The number of carbonyl (C=O) groups is 3. The van der Waals surface area contributed by atoms with Crippen LogP contribution in [0.4, 0.5) is 18.9 Å². The third kappa shape index (κ3) is 2.87. The Morgan fingerprint density at radius 2 is 1.77 bits per heavy atom. The number of aliphatic carboxylic acids is 1. The van der Waals surface area contributed by atoms with Crippen LogP contribution in [-0.2, 0) is 14.4 Å². The summed E-state index contributed by atoms with van der Waals surface area (Å²) in [6, 6.07) is 1.46. The van der Waals surface area contributed by atoms with E-state index in [1.54, 1.807) is 0 Å². The minimum Gasteiger partial charge on any atom is -0.480 e.